The van der Waals surface area contributed by atoms with Gasteiger partial charge >= 0.3 is 0 Å². The molecule has 13 heterocycles. The van der Waals surface area contributed by atoms with E-state index in [0.29, 0.717) is 0 Å². The Bertz CT molecular complexity index is 8720. The van der Waals surface area contributed by atoms with Crippen molar-refractivity contribution in [3.8, 4) is 186 Å². The van der Waals surface area contributed by atoms with Crippen LogP contribution in [0.4, 0.5) is 0 Å². The van der Waals surface area contributed by atoms with E-state index >= 15 is 0 Å². The number of nitrogens with zero attached hydrogens (tertiary/aromatic N) is 19. The van der Waals surface area contributed by atoms with Crippen LogP contribution in [0.3, 0.4) is 0 Å². The summed E-state index contributed by atoms with van der Waals surface area (Å²) in [5.41, 5.74) is 35.5. The molecule has 0 fully saturated rings. The zero-order valence-corrected chi connectivity index (χ0v) is 76.8. The standard InChI is InChI=1S/C48H31N5.2C38H25N7/c1-2-12-32(13-3-1)45-41-20-4-6-22-43(41)48(44-23-7-5-21-42(44)45)53-51-46-39(35-16-8-14-33(28-35)37-18-10-26-49-30-37)24-25-40(47(46)52-53)36-17-9-15-34(29-36)38-19-11-27-50-31-38;1-2-11-26(12-3-1)27-13-8-14-28(25-27)45-43-37-29(31-17-9-19-35(41-31)33-15-4-6-23-39-33)21-22-30(38(37)44-45)32-18-10-20-36(42-32)34-16-5-7-24-40-34;1-2-12-26(13-3-1)27-14-4-5-21-36(27)45-43-37-28(30-17-10-19-34(41-30)32-15-6-8-24-39-32)22-23-29(38(37)44-45)31-18-11-20-35(42-31)33-16-7-9-25-40-33/h1-31H;2*1-25H. The van der Waals surface area contributed by atoms with Crippen molar-refractivity contribution in [3.05, 3.63) is 492 Å². The molecule has 0 spiro atoms. The molecule has 0 aliphatic carbocycles. The van der Waals surface area contributed by atoms with Gasteiger partial charge in [-0.05, 0) is 225 Å². The molecule has 26 rings (SSSR count). The fraction of sp³-hybridized carbons (Fsp3) is 0. The maximum Gasteiger partial charge on any atom is 0.123 e. The molecule has 0 aliphatic rings. The molecule has 0 saturated heterocycles. The first-order valence-electron chi connectivity index (χ1n) is 47.0. The Morgan fingerprint density at radius 3 is 0.867 bits per heavy atom. The topological polar surface area (TPSA) is 221 Å². The highest BCUT2D eigenvalue weighted by Crippen LogP contribution is 2.45. The van der Waals surface area contributed by atoms with E-state index in [-0.39, 0.29) is 0 Å². The lowest BCUT2D eigenvalue weighted by Gasteiger charge is -2.16. The monoisotopic (exact) mass is 1840 g/mol. The largest absolute Gasteiger partial charge is 0.264 e. The first-order chi connectivity index (χ1) is 70.9. The minimum absolute atomic E-state index is 0.728. The van der Waals surface area contributed by atoms with Crippen LogP contribution >= 0.6 is 0 Å². The Labute approximate surface area is 822 Å². The molecule has 0 atom stereocenters. The van der Waals surface area contributed by atoms with E-state index in [1.807, 2.05) is 242 Å². The molecule has 0 saturated carbocycles. The van der Waals surface area contributed by atoms with Gasteiger partial charge in [0.15, 0.2) is 0 Å². The van der Waals surface area contributed by atoms with Crippen molar-refractivity contribution in [1.29, 1.82) is 0 Å². The average molecular weight is 1840 g/mol. The molecule has 19 nitrogen and oxygen atoms in total. The molecule has 0 N–H and O–H groups in total. The van der Waals surface area contributed by atoms with Crippen molar-refractivity contribution < 1.29 is 0 Å². The number of fused-ring (bicyclic) bond motifs is 5. The normalized spacial score (nSPS) is 11.2. The van der Waals surface area contributed by atoms with Gasteiger partial charge in [0.05, 0.1) is 79.7 Å². The molecule has 26 aromatic rings. The zero-order valence-electron chi connectivity index (χ0n) is 76.8. The summed E-state index contributed by atoms with van der Waals surface area (Å²) in [7, 11) is 0. The smallest absolute Gasteiger partial charge is 0.123 e. The molecule has 13 aromatic carbocycles. The van der Waals surface area contributed by atoms with E-state index < -0.39 is 0 Å². The van der Waals surface area contributed by atoms with Gasteiger partial charge in [-0.1, -0.05) is 279 Å². The van der Waals surface area contributed by atoms with Crippen molar-refractivity contribution in [3.63, 3.8) is 0 Å². The molecule has 0 aliphatic heterocycles. The maximum atomic E-state index is 5.41. The molecule has 143 heavy (non-hydrogen) atoms. The van der Waals surface area contributed by atoms with Crippen LogP contribution < -0.4 is 0 Å². The highest BCUT2D eigenvalue weighted by Gasteiger charge is 2.26. The first-order valence-corrected chi connectivity index (χ1v) is 47.0. The summed E-state index contributed by atoms with van der Waals surface area (Å²) in [6, 6.07) is 150. The van der Waals surface area contributed by atoms with Crippen LogP contribution in [0.15, 0.2) is 492 Å². The van der Waals surface area contributed by atoms with E-state index in [1.54, 1.807) is 46.8 Å². The highest BCUT2D eigenvalue weighted by atomic mass is 15.5. The second-order valence-corrected chi connectivity index (χ2v) is 34.2. The third-order valence-corrected chi connectivity index (χ3v) is 25.3. The summed E-state index contributed by atoms with van der Waals surface area (Å²) in [6.07, 6.45) is 14.5. The van der Waals surface area contributed by atoms with Crippen LogP contribution in [0.25, 0.3) is 240 Å². The minimum Gasteiger partial charge on any atom is -0.264 e. The Morgan fingerprint density at radius 2 is 0.462 bits per heavy atom. The maximum absolute atomic E-state index is 5.41. The van der Waals surface area contributed by atoms with Gasteiger partial charge in [-0.2, -0.15) is 4.80 Å². The van der Waals surface area contributed by atoms with E-state index in [0.717, 1.165) is 229 Å². The number of hydrogen-bond donors (Lipinski definition) is 0. The summed E-state index contributed by atoms with van der Waals surface area (Å²) in [5, 5.41) is 35.7. The second-order valence-electron chi connectivity index (χ2n) is 34.2. The fourth-order valence-corrected chi connectivity index (χ4v) is 18.6. The second kappa shape index (κ2) is 38.7. The third kappa shape index (κ3) is 17.4. The SMILES string of the molecule is c1ccc(-c2c3ccccc3c(-n3nc4c(-c5cccc(-c6cccnc6)c5)ccc(-c5cccc(-c6cccnc6)c5)c4n3)c3ccccc23)cc1.c1ccc(-c2cccc(-n3nc4c(-c5cccc(-c6ccccn6)n5)ccc(-c5cccc(-c6ccccn6)n5)c4n3)c2)cc1.c1ccc(-c2ccccc2-n2nc3c(-c4cccc(-c5ccccn5)n4)ccc(-c4cccc(-c5ccccn5)n4)c3n2)cc1. The van der Waals surface area contributed by atoms with Gasteiger partial charge < -0.3 is 0 Å². The first kappa shape index (κ1) is 86.0. The number of rotatable bonds is 18. The van der Waals surface area contributed by atoms with Gasteiger partial charge in [0, 0.05) is 110 Å². The van der Waals surface area contributed by atoms with Crippen LogP contribution in [0, 0.1) is 0 Å². The highest BCUT2D eigenvalue weighted by molar-refractivity contribution is 6.18. The number of aromatic nitrogens is 19. The Hall–Kier alpha value is -19.9. The summed E-state index contributed by atoms with van der Waals surface area (Å²) in [6.45, 7) is 0. The van der Waals surface area contributed by atoms with E-state index in [4.69, 9.17) is 50.5 Å². The Morgan fingerprint density at radius 1 is 0.161 bits per heavy atom. The lowest BCUT2D eigenvalue weighted by Crippen LogP contribution is -2.02. The van der Waals surface area contributed by atoms with Crippen LogP contribution in [-0.2, 0) is 0 Å². The summed E-state index contributed by atoms with van der Waals surface area (Å²) in [5.74, 6) is 0. The summed E-state index contributed by atoms with van der Waals surface area (Å²) < 4.78 is 0. The summed E-state index contributed by atoms with van der Waals surface area (Å²) >= 11 is 0. The lowest BCUT2D eigenvalue weighted by molar-refractivity contribution is 0.766. The van der Waals surface area contributed by atoms with E-state index in [1.165, 1.54) is 11.1 Å². The quantitative estimate of drug-likeness (QED) is 0.0729. The van der Waals surface area contributed by atoms with Gasteiger partial charge in [-0.15, -0.1) is 40.2 Å². The number of benzene rings is 13. The minimum atomic E-state index is 0.728. The average Bonchev–Trinajstić information content (AvgIpc) is 1.71. The van der Waals surface area contributed by atoms with Crippen molar-refractivity contribution in [1.82, 2.24) is 94.8 Å². The van der Waals surface area contributed by atoms with Gasteiger partial charge in [-0.25, -0.2) is 19.9 Å². The van der Waals surface area contributed by atoms with Crippen molar-refractivity contribution in [2.45, 2.75) is 0 Å². The fourth-order valence-electron chi connectivity index (χ4n) is 18.6. The lowest BCUT2D eigenvalue weighted by atomic mass is 9.91. The predicted octanol–water partition coefficient (Wildman–Crippen LogP) is 28.5. The number of hydrogen-bond acceptors (Lipinski definition) is 16. The molecule has 0 amide bonds. The molecule has 0 bridgehead atoms. The van der Waals surface area contributed by atoms with E-state index in [2.05, 4.69) is 248 Å². The van der Waals surface area contributed by atoms with Crippen LogP contribution in [-0.4, -0.2) is 94.8 Å². The molecule has 13 aromatic heterocycles. The van der Waals surface area contributed by atoms with Gasteiger partial charge in [0.2, 0.25) is 0 Å². The van der Waals surface area contributed by atoms with Crippen LogP contribution in [0.1, 0.15) is 0 Å². The van der Waals surface area contributed by atoms with Crippen molar-refractivity contribution >= 4 is 54.6 Å². The number of para-hydroxylation sites is 1. The number of pyridine rings is 10. The van der Waals surface area contributed by atoms with Crippen molar-refractivity contribution in [2.75, 3.05) is 0 Å². The predicted molar refractivity (Wildman–Crippen MR) is 571 cm³/mol. The Balaban J connectivity index is 0.000000116. The van der Waals surface area contributed by atoms with E-state index in [9.17, 15) is 0 Å². The molecular weight excluding hydrogens is 1760 g/mol. The van der Waals surface area contributed by atoms with Crippen LogP contribution in [0.2, 0.25) is 0 Å². The van der Waals surface area contributed by atoms with Gasteiger partial charge in [-0.3, -0.25) is 29.9 Å². The molecular formula is C124H81N19. The van der Waals surface area contributed by atoms with Crippen LogP contribution in [0.5, 0.6) is 0 Å². The Kier molecular flexibility index (Phi) is 23.3. The molecule has 0 unspecified atom stereocenters. The summed E-state index contributed by atoms with van der Waals surface area (Å²) in [4.78, 5) is 52.0. The van der Waals surface area contributed by atoms with Gasteiger partial charge in [0.25, 0.3) is 0 Å². The zero-order chi connectivity index (χ0) is 95.1. The van der Waals surface area contributed by atoms with Crippen molar-refractivity contribution in [2.24, 2.45) is 0 Å². The molecule has 0 radical (unpaired) electrons. The molecule has 672 valence electrons. The third-order valence-electron chi connectivity index (χ3n) is 25.3. The van der Waals surface area contributed by atoms with Gasteiger partial charge in [0.1, 0.15) is 38.8 Å². The molecule has 19 heteroatoms.